The van der Waals surface area contributed by atoms with Crippen LogP contribution in [0.5, 0.6) is 0 Å². The minimum Gasteiger partial charge on any atom is -0.378 e. The summed E-state index contributed by atoms with van der Waals surface area (Å²) in [6, 6.07) is 8.64. The normalized spacial score (nSPS) is 15.3. The monoisotopic (exact) mass is 331 g/mol. The molecule has 1 aliphatic rings. The Morgan fingerprint density at radius 1 is 1.26 bits per heavy atom. The molecule has 3 rings (SSSR count). The lowest BCUT2D eigenvalue weighted by molar-refractivity contribution is 0.104. The summed E-state index contributed by atoms with van der Waals surface area (Å²) in [4.78, 5) is 16.3. The smallest absolute Gasteiger partial charge is 0.185 e. The Morgan fingerprint density at radius 2 is 2.04 bits per heavy atom. The molecule has 1 aromatic heterocycles. The largest absolute Gasteiger partial charge is 0.378 e. The highest BCUT2D eigenvalue weighted by Crippen LogP contribution is 2.22. The van der Waals surface area contributed by atoms with E-state index in [4.69, 9.17) is 4.74 Å². The van der Waals surface area contributed by atoms with Gasteiger partial charge in [0.05, 0.1) is 18.9 Å². The van der Waals surface area contributed by atoms with E-state index >= 15 is 0 Å². The fourth-order valence-corrected chi connectivity index (χ4v) is 3.30. The molecule has 1 fully saturated rings. The molecular weight excluding hydrogens is 313 g/mol. The number of hydrogen-bond acceptors (Lipinski definition) is 4. The van der Waals surface area contributed by atoms with Gasteiger partial charge in [-0.25, -0.2) is 4.39 Å². The Labute approximate surface area is 139 Å². The summed E-state index contributed by atoms with van der Waals surface area (Å²) in [5, 5.41) is 0. The van der Waals surface area contributed by atoms with Crippen LogP contribution >= 0.6 is 11.3 Å². The maximum Gasteiger partial charge on any atom is 0.185 e. The number of aryl methyl sites for hydroxylation is 1. The number of rotatable bonds is 4. The number of hydrogen-bond donors (Lipinski definition) is 0. The third-order valence-corrected chi connectivity index (χ3v) is 4.71. The summed E-state index contributed by atoms with van der Waals surface area (Å²) >= 11 is 1.62. The van der Waals surface area contributed by atoms with Gasteiger partial charge in [0.1, 0.15) is 5.82 Å². The van der Waals surface area contributed by atoms with E-state index in [2.05, 4.69) is 0 Å². The molecule has 0 atom stereocenters. The molecule has 1 aromatic carbocycles. The maximum absolute atomic E-state index is 14.3. The van der Waals surface area contributed by atoms with Gasteiger partial charge in [-0.05, 0) is 49.4 Å². The van der Waals surface area contributed by atoms with Crippen LogP contribution in [-0.4, -0.2) is 32.1 Å². The first kappa shape index (κ1) is 15.9. The standard InChI is InChI=1S/C18H18FNO2S/c1-13-2-4-15(23-13)5-7-18(21)14-3-6-17(16(19)12-14)20-8-10-22-11-9-20/h2-7,12H,8-11H2,1H3. The number of anilines is 1. The molecule has 23 heavy (non-hydrogen) atoms. The molecule has 1 aliphatic heterocycles. The molecule has 5 heteroatoms. The molecule has 0 N–H and O–H groups in total. The number of carbonyl (C=O) groups is 1. The second kappa shape index (κ2) is 7.06. The van der Waals surface area contributed by atoms with Crippen LogP contribution in [0.2, 0.25) is 0 Å². The Balaban J connectivity index is 1.74. The second-order valence-electron chi connectivity index (χ2n) is 5.41. The lowest BCUT2D eigenvalue weighted by Gasteiger charge is -2.29. The highest BCUT2D eigenvalue weighted by molar-refractivity contribution is 7.12. The van der Waals surface area contributed by atoms with Gasteiger partial charge in [-0.1, -0.05) is 0 Å². The van der Waals surface area contributed by atoms with E-state index in [1.807, 2.05) is 24.0 Å². The van der Waals surface area contributed by atoms with Crippen LogP contribution < -0.4 is 4.90 Å². The number of carbonyl (C=O) groups excluding carboxylic acids is 1. The molecule has 0 spiro atoms. The van der Waals surface area contributed by atoms with Crippen molar-refractivity contribution in [2.24, 2.45) is 0 Å². The topological polar surface area (TPSA) is 29.5 Å². The van der Waals surface area contributed by atoms with E-state index in [0.717, 1.165) is 4.88 Å². The molecule has 2 aromatic rings. The highest BCUT2D eigenvalue weighted by Gasteiger charge is 2.16. The number of thiophene rings is 1. The van der Waals surface area contributed by atoms with Crippen LogP contribution in [0.15, 0.2) is 36.4 Å². The fourth-order valence-electron chi connectivity index (χ4n) is 2.52. The van der Waals surface area contributed by atoms with Gasteiger partial charge >= 0.3 is 0 Å². The van der Waals surface area contributed by atoms with Gasteiger partial charge in [0.25, 0.3) is 0 Å². The van der Waals surface area contributed by atoms with Crippen LogP contribution in [0.25, 0.3) is 6.08 Å². The Kier molecular flexibility index (Phi) is 4.88. The first-order valence-corrected chi connectivity index (χ1v) is 8.36. The second-order valence-corrected chi connectivity index (χ2v) is 6.73. The van der Waals surface area contributed by atoms with Crippen molar-refractivity contribution in [3.63, 3.8) is 0 Å². The van der Waals surface area contributed by atoms with E-state index in [0.29, 0.717) is 37.6 Å². The number of nitrogens with zero attached hydrogens (tertiary/aromatic N) is 1. The summed E-state index contributed by atoms with van der Waals surface area (Å²) in [5.74, 6) is -0.554. The van der Waals surface area contributed by atoms with Crippen LogP contribution in [0.4, 0.5) is 10.1 Å². The Bertz CT molecular complexity index is 732. The average Bonchev–Trinajstić information content (AvgIpc) is 2.99. The van der Waals surface area contributed by atoms with Crippen molar-refractivity contribution in [2.75, 3.05) is 31.2 Å². The number of morpholine rings is 1. The summed E-state index contributed by atoms with van der Waals surface area (Å²) < 4.78 is 19.6. The van der Waals surface area contributed by atoms with Crippen molar-refractivity contribution in [1.29, 1.82) is 0 Å². The molecule has 0 unspecified atom stereocenters. The number of benzene rings is 1. The maximum atomic E-state index is 14.3. The van der Waals surface area contributed by atoms with Gasteiger partial charge < -0.3 is 9.64 Å². The summed E-state index contributed by atoms with van der Waals surface area (Å²) in [7, 11) is 0. The minimum absolute atomic E-state index is 0.191. The predicted molar refractivity (Wildman–Crippen MR) is 91.9 cm³/mol. The van der Waals surface area contributed by atoms with Gasteiger partial charge in [0.2, 0.25) is 0 Å². The zero-order valence-electron chi connectivity index (χ0n) is 12.9. The van der Waals surface area contributed by atoms with Crippen LogP contribution in [0, 0.1) is 12.7 Å². The van der Waals surface area contributed by atoms with Gasteiger partial charge in [0, 0.05) is 28.4 Å². The van der Waals surface area contributed by atoms with E-state index in [1.165, 1.54) is 17.0 Å². The Morgan fingerprint density at radius 3 is 2.70 bits per heavy atom. The predicted octanol–water partition coefficient (Wildman–Crippen LogP) is 3.93. The lowest BCUT2D eigenvalue weighted by atomic mass is 10.1. The fraction of sp³-hybridized carbons (Fsp3) is 0.278. The number of ketones is 1. The van der Waals surface area contributed by atoms with Gasteiger partial charge in [0.15, 0.2) is 5.78 Å². The van der Waals surface area contributed by atoms with Crippen molar-refractivity contribution in [2.45, 2.75) is 6.92 Å². The molecule has 0 aliphatic carbocycles. The van der Waals surface area contributed by atoms with Gasteiger partial charge in [-0.3, -0.25) is 4.79 Å². The SMILES string of the molecule is Cc1ccc(C=CC(=O)c2ccc(N3CCOCC3)c(F)c2)s1. The van der Waals surface area contributed by atoms with Crippen molar-refractivity contribution in [3.8, 4) is 0 Å². The number of ether oxygens (including phenoxy) is 1. The highest BCUT2D eigenvalue weighted by atomic mass is 32.1. The first-order chi connectivity index (χ1) is 11.1. The average molecular weight is 331 g/mol. The molecular formula is C18H18FNO2S. The molecule has 120 valence electrons. The summed E-state index contributed by atoms with van der Waals surface area (Å²) in [6.07, 6.45) is 3.27. The van der Waals surface area contributed by atoms with Crippen molar-refractivity contribution in [3.05, 3.63) is 57.5 Å². The minimum atomic E-state index is -0.363. The number of allylic oxidation sites excluding steroid dienone is 1. The van der Waals surface area contributed by atoms with Crippen LogP contribution in [0.3, 0.4) is 0 Å². The number of halogens is 1. The molecule has 0 amide bonds. The Hall–Kier alpha value is -1.98. The van der Waals surface area contributed by atoms with Crippen molar-refractivity contribution >= 4 is 28.9 Å². The van der Waals surface area contributed by atoms with Crippen LogP contribution in [-0.2, 0) is 4.74 Å². The molecule has 0 bridgehead atoms. The quantitative estimate of drug-likeness (QED) is 0.628. The molecule has 3 nitrogen and oxygen atoms in total. The summed E-state index contributed by atoms with van der Waals surface area (Å²) in [6.45, 7) is 4.55. The van der Waals surface area contributed by atoms with E-state index in [-0.39, 0.29) is 11.6 Å². The zero-order valence-corrected chi connectivity index (χ0v) is 13.7. The van der Waals surface area contributed by atoms with Crippen molar-refractivity contribution < 1.29 is 13.9 Å². The molecule has 2 heterocycles. The third-order valence-electron chi connectivity index (χ3n) is 3.74. The lowest BCUT2D eigenvalue weighted by Crippen LogP contribution is -2.36. The van der Waals surface area contributed by atoms with Gasteiger partial charge in [-0.15, -0.1) is 11.3 Å². The van der Waals surface area contributed by atoms with Crippen molar-refractivity contribution in [1.82, 2.24) is 0 Å². The zero-order chi connectivity index (χ0) is 16.2. The van der Waals surface area contributed by atoms with E-state index in [9.17, 15) is 9.18 Å². The molecule has 0 radical (unpaired) electrons. The summed E-state index contributed by atoms with van der Waals surface area (Å²) in [5.41, 5.74) is 0.895. The van der Waals surface area contributed by atoms with Crippen LogP contribution in [0.1, 0.15) is 20.1 Å². The van der Waals surface area contributed by atoms with E-state index < -0.39 is 0 Å². The first-order valence-electron chi connectivity index (χ1n) is 7.54. The van der Waals surface area contributed by atoms with Gasteiger partial charge in [-0.2, -0.15) is 0 Å². The van der Waals surface area contributed by atoms with E-state index in [1.54, 1.807) is 29.5 Å². The molecule has 1 saturated heterocycles. The third kappa shape index (κ3) is 3.86. The molecule has 0 saturated carbocycles.